The van der Waals surface area contributed by atoms with Crippen molar-refractivity contribution in [2.75, 3.05) is 10.6 Å². The van der Waals surface area contributed by atoms with Gasteiger partial charge >= 0.3 is 15.2 Å². The maximum Gasteiger partial charge on any atom is 0.357 e. The van der Waals surface area contributed by atoms with Crippen molar-refractivity contribution >= 4 is 46.6 Å². The molecule has 0 saturated heterocycles. The Morgan fingerprint density at radius 2 is 0.800 bits per heavy atom. The standard InChI is InChI=1S/C32H48N4O10P2S2/c1-21(2)43-47(37,44-22(3)4)31(35-27-12-16-29(17-13-27)49(33,39)40)25-10-9-11-26(20-25)32(48(38,45-23(5)6)46-24(7)8)36-28-14-18-30(19-15-28)50(34,41)42/h9-24,31-32,35-36H,1-8H3,(H2,33,39,40)(H2,34,41,42). The van der Waals surface area contributed by atoms with E-state index >= 15 is 0 Å². The lowest BCUT2D eigenvalue weighted by Gasteiger charge is -2.33. The molecule has 0 aliphatic heterocycles. The minimum atomic E-state index is -4.07. The quantitative estimate of drug-likeness (QED) is 0.0938. The summed E-state index contributed by atoms with van der Waals surface area (Å²) < 4.78 is 101. The van der Waals surface area contributed by atoms with E-state index in [1.165, 1.54) is 48.5 Å². The summed E-state index contributed by atoms with van der Waals surface area (Å²) in [6, 6.07) is 17.9. The number of rotatable bonds is 18. The van der Waals surface area contributed by atoms with Gasteiger partial charge in [0.05, 0.1) is 34.2 Å². The second-order valence-electron chi connectivity index (χ2n) is 12.6. The highest BCUT2D eigenvalue weighted by Crippen LogP contribution is 2.65. The molecular weight excluding hydrogens is 726 g/mol. The second kappa shape index (κ2) is 16.8. The van der Waals surface area contributed by atoms with Gasteiger partial charge in [0, 0.05) is 11.4 Å². The van der Waals surface area contributed by atoms with E-state index < -0.39 is 71.2 Å². The van der Waals surface area contributed by atoms with Crippen LogP contribution in [-0.4, -0.2) is 41.3 Å². The normalized spacial score (nSPS) is 14.4. The molecule has 0 spiro atoms. The summed E-state index contributed by atoms with van der Waals surface area (Å²) in [4.78, 5) is -0.225. The zero-order valence-electron chi connectivity index (χ0n) is 29.3. The van der Waals surface area contributed by atoms with Gasteiger partial charge in [0.15, 0.2) is 11.6 Å². The van der Waals surface area contributed by atoms with Gasteiger partial charge in [0.1, 0.15) is 0 Å². The molecule has 0 radical (unpaired) electrons. The zero-order valence-corrected chi connectivity index (χ0v) is 32.8. The first kappa shape index (κ1) is 41.8. The van der Waals surface area contributed by atoms with Gasteiger partial charge in [0.25, 0.3) is 0 Å². The van der Waals surface area contributed by atoms with E-state index in [9.17, 15) is 26.0 Å². The smallest absolute Gasteiger partial charge is 0.357 e. The van der Waals surface area contributed by atoms with Gasteiger partial charge in [0.2, 0.25) is 20.0 Å². The summed E-state index contributed by atoms with van der Waals surface area (Å²) in [5.41, 5.74) is 1.57. The Kier molecular flexibility index (Phi) is 14.1. The fourth-order valence-electron chi connectivity index (χ4n) is 4.86. The minimum absolute atomic E-state index is 0.112. The van der Waals surface area contributed by atoms with Crippen LogP contribution >= 0.6 is 15.2 Å². The topological polar surface area (TPSA) is 215 Å². The SMILES string of the molecule is CC(C)OP(=O)(OC(C)C)C(Nc1ccc(S(N)(=O)=O)cc1)c1cccc(C(Nc2ccc(S(N)(=O)=O)cc2)P(=O)(OC(C)C)OC(C)C)c1. The number of hydrogen-bond donors (Lipinski definition) is 4. The monoisotopic (exact) mass is 774 g/mol. The molecular formula is C32H48N4O10P2S2. The number of nitrogens with one attached hydrogen (secondary N) is 2. The molecule has 50 heavy (non-hydrogen) atoms. The fourth-order valence-corrected chi connectivity index (χ4v) is 10.5. The summed E-state index contributed by atoms with van der Waals surface area (Å²) in [5.74, 6) is -2.31. The number of hydrogen-bond acceptors (Lipinski definition) is 12. The minimum Gasteiger partial charge on any atom is -0.368 e. The predicted molar refractivity (Wildman–Crippen MR) is 195 cm³/mol. The highest BCUT2D eigenvalue weighted by atomic mass is 32.2. The van der Waals surface area contributed by atoms with Crippen LogP contribution in [-0.2, 0) is 47.3 Å². The van der Waals surface area contributed by atoms with Crippen molar-refractivity contribution in [2.45, 2.75) is 101 Å². The van der Waals surface area contributed by atoms with Crippen LogP contribution in [0.4, 0.5) is 11.4 Å². The summed E-state index contributed by atoms with van der Waals surface area (Å²) in [7, 11) is -16.1. The van der Waals surface area contributed by atoms with Crippen LogP contribution in [0, 0.1) is 0 Å². The van der Waals surface area contributed by atoms with Crippen LogP contribution in [0.3, 0.4) is 0 Å². The Labute approximate surface area is 295 Å². The van der Waals surface area contributed by atoms with Gasteiger partial charge in [-0.1, -0.05) is 24.3 Å². The van der Waals surface area contributed by atoms with Gasteiger partial charge < -0.3 is 28.7 Å². The number of benzene rings is 3. The van der Waals surface area contributed by atoms with Gasteiger partial charge in [-0.15, -0.1) is 0 Å². The van der Waals surface area contributed by atoms with Crippen LogP contribution in [0.15, 0.2) is 82.6 Å². The molecule has 18 heteroatoms. The van der Waals surface area contributed by atoms with Crippen molar-refractivity contribution in [1.29, 1.82) is 0 Å². The molecule has 6 N–H and O–H groups in total. The van der Waals surface area contributed by atoms with Gasteiger partial charge in [-0.3, -0.25) is 9.13 Å². The van der Waals surface area contributed by atoms with Crippen LogP contribution in [0.25, 0.3) is 0 Å². The van der Waals surface area contributed by atoms with Crippen LogP contribution in [0.1, 0.15) is 78.1 Å². The Hall–Kier alpha value is -2.62. The van der Waals surface area contributed by atoms with Crippen molar-refractivity contribution in [1.82, 2.24) is 0 Å². The zero-order chi connectivity index (χ0) is 37.7. The summed E-state index contributed by atoms with van der Waals surface area (Å²) in [6.45, 7) is 13.7. The first-order chi connectivity index (χ1) is 23.0. The number of anilines is 2. The van der Waals surface area contributed by atoms with Crippen molar-refractivity contribution in [3.63, 3.8) is 0 Å². The molecule has 0 saturated carbocycles. The van der Waals surface area contributed by atoms with Crippen molar-refractivity contribution in [3.8, 4) is 0 Å². The van der Waals surface area contributed by atoms with E-state index in [4.69, 9.17) is 28.4 Å². The van der Waals surface area contributed by atoms with Crippen LogP contribution in [0.2, 0.25) is 0 Å². The number of sulfonamides is 2. The number of nitrogens with two attached hydrogens (primary N) is 2. The average Bonchev–Trinajstić information content (AvgIpc) is 2.96. The molecule has 0 amide bonds. The van der Waals surface area contributed by atoms with Crippen LogP contribution < -0.4 is 20.9 Å². The van der Waals surface area contributed by atoms with E-state index in [-0.39, 0.29) is 9.79 Å². The molecule has 14 nitrogen and oxygen atoms in total. The maximum absolute atomic E-state index is 14.7. The Morgan fingerprint density at radius 3 is 1.04 bits per heavy atom. The van der Waals surface area contributed by atoms with E-state index in [0.717, 1.165) is 0 Å². The predicted octanol–water partition coefficient (Wildman–Crippen LogP) is 7.29. The molecule has 0 aliphatic rings. The highest BCUT2D eigenvalue weighted by Gasteiger charge is 2.43. The lowest BCUT2D eigenvalue weighted by atomic mass is 10.1. The third-order valence-corrected chi connectivity index (χ3v) is 13.4. The van der Waals surface area contributed by atoms with Crippen molar-refractivity contribution < 1.29 is 44.1 Å². The summed E-state index contributed by atoms with van der Waals surface area (Å²) >= 11 is 0. The molecule has 0 aliphatic carbocycles. The first-order valence-electron chi connectivity index (χ1n) is 15.8. The Balaban J connectivity index is 2.26. The average molecular weight is 775 g/mol. The van der Waals surface area contributed by atoms with Gasteiger partial charge in [-0.2, -0.15) is 0 Å². The fraction of sp³-hybridized carbons (Fsp3) is 0.438. The molecule has 2 atom stereocenters. The van der Waals surface area contributed by atoms with Crippen molar-refractivity contribution in [2.24, 2.45) is 10.3 Å². The third kappa shape index (κ3) is 11.7. The second-order valence-corrected chi connectivity index (χ2v) is 19.8. The highest BCUT2D eigenvalue weighted by molar-refractivity contribution is 7.89. The molecule has 2 unspecified atom stereocenters. The van der Waals surface area contributed by atoms with E-state index in [2.05, 4.69) is 10.6 Å². The molecule has 278 valence electrons. The molecule has 3 aromatic rings. The summed E-state index contributed by atoms with van der Waals surface area (Å²) in [5, 5.41) is 17.0. The van der Waals surface area contributed by atoms with Gasteiger partial charge in [-0.05, 0) is 115 Å². The molecule has 3 rings (SSSR count). The van der Waals surface area contributed by atoms with E-state index in [0.29, 0.717) is 22.5 Å². The van der Waals surface area contributed by atoms with E-state index in [1.807, 2.05) is 0 Å². The Bertz CT molecular complexity index is 1740. The van der Waals surface area contributed by atoms with Crippen molar-refractivity contribution in [3.05, 3.63) is 83.9 Å². The molecule has 0 bridgehead atoms. The van der Waals surface area contributed by atoms with Gasteiger partial charge in [-0.25, -0.2) is 27.1 Å². The molecule has 0 fully saturated rings. The summed E-state index contributed by atoms with van der Waals surface area (Å²) in [6.07, 6.45) is -2.09. The molecule has 0 heterocycles. The molecule has 3 aromatic carbocycles. The third-order valence-electron chi connectivity index (χ3n) is 6.58. The first-order valence-corrected chi connectivity index (χ1v) is 22.2. The van der Waals surface area contributed by atoms with Crippen LogP contribution in [0.5, 0.6) is 0 Å². The lowest BCUT2D eigenvalue weighted by Crippen LogP contribution is -2.21. The Morgan fingerprint density at radius 1 is 0.520 bits per heavy atom. The molecule has 0 aromatic heterocycles. The van der Waals surface area contributed by atoms with E-state index in [1.54, 1.807) is 79.7 Å². The largest absolute Gasteiger partial charge is 0.368 e. The number of primary sulfonamides is 2. The maximum atomic E-state index is 14.7. The lowest BCUT2D eigenvalue weighted by molar-refractivity contribution is 0.137.